The third kappa shape index (κ3) is 5.03. The second-order valence-corrected chi connectivity index (χ2v) is 6.16. The lowest BCUT2D eigenvalue weighted by molar-refractivity contribution is -0.136. The second-order valence-electron chi connectivity index (χ2n) is 5.25. The second kappa shape index (κ2) is 7.75. The SMILES string of the molecule is CSCC(C)C(=O)N1CCN(CC(=O)N(C)C)CC1. The minimum atomic E-state index is 0.0879. The lowest BCUT2D eigenvalue weighted by Crippen LogP contribution is -2.52. The Balaban J connectivity index is 2.36. The van der Waals surface area contributed by atoms with Crippen molar-refractivity contribution in [1.29, 1.82) is 0 Å². The summed E-state index contributed by atoms with van der Waals surface area (Å²) >= 11 is 1.71. The van der Waals surface area contributed by atoms with Crippen molar-refractivity contribution in [1.82, 2.24) is 14.7 Å². The fourth-order valence-electron chi connectivity index (χ4n) is 2.09. The molecule has 5 nitrogen and oxygen atoms in total. The van der Waals surface area contributed by atoms with Gasteiger partial charge in [0.2, 0.25) is 11.8 Å². The topological polar surface area (TPSA) is 43.9 Å². The number of carbonyl (C=O) groups is 2. The Morgan fingerprint density at radius 3 is 2.26 bits per heavy atom. The van der Waals surface area contributed by atoms with Gasteiger partial charge < -0.3 is 9.80 Å². The summed E-state index contributed by atoms with van der Waals surface area (Å²) in [5.41, 5.74) is 0. The minimum absolute atomic E-state index is 0.0879. The average molecular weight is 287 g/mol. The molecule has 0 saturated carbocycles. The van der Waals surface area contributed by atoms with Crippen LogP contribution in [0.5, 0.6) is 0 Å². The van der Waals surface area contributed by atoms with Gasteiger partial charge in [-0.05, 0) is 6.26 Å². The van der Waals surface area contributed by atoms with Crippen LogP contribution in [0.15, 0.2) is 0 Å². The molecule has 0 aromatic heterocycles. The molecule has 0 radical (unpaired) electrons. The first kappa shape index (κ1) is 16.3. The molecule has 0 N–H and O–H groups in total. The Kier molecular flexibility index (Phi) is 6.65. The van der Waals surface area contributed by atoms with Crippen molar-refractivity contribution in [3.8, 4) is 0 Å². The molecule has 19 heavy (non-hydrogen) atoms. The van der Waals surface area contributed by atoms with Crippen LogP contribution in [0.25, 0.3) is 0 Å². The van der Waals surface area contributed by atoms with Gasteiger partial charge in [0.05, 0.1) is 6.54 Å². The van der Waals surface area contributed by atoms with Crippen LogP contribution in [0.4, 0.5) is 0 Å². The third-order valence-electron chi connectivity index (χ3n) is 3.38. The zero-order valence-electron chi connectivity index (χ0n) is 12.4. The van der Waals surface area contributed by atoms with Crippen LogP contribution in [0.2, 0.25) is 0 Å². The van der Waals surface area contributed by atoms with Crippen molar-refractivity contribution in [2.45, 2.75) is 6.92 Å². The summed E-state index contributed by atoms with van der Waals surface area (Å²) in [7, 11) is 3.54. The molecule has 0 aliphatic carbocycles. The Morgan fingerprint density at radius 2 is 1.79 bits per heavy atom. The van der Waals surface area contributed by atoms with Crippen LogP contribution < -0.4 is 0 Å². The molecule has 1 atom stereocenters. The number of amides is 2. The quantitative estimate of drug-likeness (QED) is 0.725. The highest BCUT2D eigenvalue weighted by Gasteiger charge is 2.25. The molecule has 0 bridgehead atoms. The molecule has 1 rings (SSSR count). The molecule has 1 aliphatic rings. The van der Waals surface area contributed by atoms with Gasteiger partial charge in [0.25, 0.3) is 0 Å². The summed E-state index contributed by atoms with van der Waals surface area (Å²) in [4.78, 5) is 29.4. The lowest BCUT2D eigenvalue weighted by Gasteiger charge is -2.35. The van der Waals surface area contributed by atoms with Crippen LogP contribution in [0.1, 0.15) is 6.92 Å². The van der Waals surface area contributed by atoms with Gasteiger partial charge in [-0.3, -0.25) is 14.5 Å². The fraction of sp³-hybridized carbons (Fsp3) is 0.846. The van der Waals surface area contributed by atoms with E-state index >= 15 is 0 Å². The lowest BCUT2D eigenvalue weighted by atomic mass is 10.1. The zero-order valence-corrected chi connectivity index (χ0v) is 13.2. The normalized spacial score (nSPS) is 18.2. The smallest absolute Gasteiger partial charge is 0.236 e. The molecule has 1 heterocycles. The Hall–Kier alpha value is -0.750. The summed E-state index contributed by atoms with van der Waals surface area (Å²) in [6.07, 6.45) is 2.02. The van der Waals surface area contributed by atoms with Crippen LogP contribution >= 0.6 is 11.8 Å². The molecule has 2 amide bonds. The summed E-state index contributed by atoms with van der Waals surface area (Å²) in [5.74, 6) is 1.33. The van der Waals surface area contributed by atoms with Gasteiger partial charge in [0.15, 0.2) is 0 Å². The summed E-state index contributed by atoms with van der Waals surface area (Å²) in [6, 6.07) is 0. The molecule has 1 aliphatic heterocycles. The van der Waals surface area contributed by atoms with Crippen molar-refractivity contribution < 1.29 is 9.59 Å². The van der Waals surface area contributed by atoms with Gasteiger partial charge in [-0.2, -0.15) is 11.8 Å². The van der Waals surface area contributed by atoms with E-state index in [1.165, 1.54) is 0 Å². The van der Waals surface area contributed by atoms with E-state index in [2.05, 4.69) is 4.90 Å². The number of hydrogen-bond acceptors (Lipinski definition) is 4. The molecule has 0 aromatic rings. The predicted octanol–water partition coefficient (Wildman–Crippen LogP) is 0.218. The van der Waals surface area contributed by atoms with Gasteiger partial charge >= 0.3 is 0 Å². The van der Waals surface area contributed by atoms with E-state index < -0.39 is 0 Å². The number of rotatable bonds is 5. The largest absolute Gasteiger partial charge is 0.348 e. The maximum absolute atomic E-state index is 12.1. The maximum atomic E-state index is 12.1. The van der Waals surface area contributed by atoms with Gasteiger partial charge in [-0.15, -0.1) is 0 Å². The first-order chi connectivity index (χ1) is 8.95. The molecule has 1 saturated heterocycles. The first-order valence-electron chi connectivity index (χ1n) is 6.66. The Morgan fingerprint density at radius 1 is 1.21 bits per heavy atom. The third-order valence-corrected chi connectivity index (χ3v) is 4.21. The Bertz CT molecular complexity index is 315. The molecule has 6 heteroatoms. The predicted molar refractivity (Wildman–Crippen MR) is 79.3 cm³/mol. The fourth-order valence-corrected chi connectivity index (χ4v) is 2.73. The first-order valence-corrected chi connectivity index (χ1v) is 8.05. The summed E-state index contributed by atoms with van der Waals surface area (Å²) in [5, 5.41) is 0. The molecular weight excluding hydrogens is 262 g/mol. The molecule has 1 unspecified atom stereocenters. The number of likely N-dealkylation sites (N-methyl/N-ethyl adjacent to an activating group) is 1. The summed E-state index contributed by atoms with van der Waals surface area (Å²) < 4.78 is 0. The number of hydrogen-bond donors (Lipinski definition) is 0. The van der Waals surface area contributed by atoms with E-state index in [4.69, 9.17) is 0 Å². The van der Waals surface area contributed by atoms with Crippen molar-refractivity contribution in [2.24, 2.45) is 5.92 Å². The average Bonchev–Trinajstić information content (AvgIpc) is 2.39. The van der Waals surface area contributed by atoms with E-state index in [-0.39, 0.29) is 17.7 Å². The minimum Gasteiger partial charge on any atom is -0.348 e. The van der Waals surface area contributed by atoms with Crippen LogP contribution in [-0.4, -0.2) is 85.3 Å². The highest BCUT2D eigenvalue weighted by molar-refractivity contribution is 7.98. The number of thioether (sulfide) groups is 1. The number of piperazine rings is 1. The molecule has 1 fully saturated rings. The highest BCUT2D eigenvalue weighted by atomic mass is 32.2. The molecular formula is C13H25N3O2S. The van der Waals surface area contributed by atoms with Gasteiger partial charge in [-0.25, -0.2) is 0 Å². The van der Waals surface area contributed by atoms with E-state index in [9.17, 15) is 9.59 Å². The highest BCUT2D eigenvalue weighted by Crippen LogP contribution is 2.11. The number of nitrogens with zero attached hydrogens (tertiary/aromatic N) is 3. The van der Waals surface area contributed by atoms with E-state index in [0.717, 1.165) is 31.9 Å². The van der Waals surface area contributed by atoms with Crippen LogP contribution in [-0.2, 0) is 9.59 Å². The van der Waals surface area contributed by atoms with E-state index in [0.29, 0.717) is 6.54 Å². The van der Waals surface area contributed by atoms with E-state index in [1.807, 2.05) is 18.1 Å². The van der Waals surface area contributed by atoms with Crippen LogP contribution in [0, 0.1) is 5.92 Å². The van der Waals surface area contributed by atoms with Crippen LogP contribution in [0.3, 0.4) is 0 Å². The van der Waals surface area contributed by atoms with Crippen molar-refractivity contribution in [3.63, 3.8) is 0 Å². The van der Waals surface area contributed by atoms with Gasteiger partial charge in [0, 0.05) is 51.9 Å². The standard InChI is InChI=1S/C13H25N3O2S/c1-11(10-19-4)13(18)16-7-5-15(6-8-16)9-12(17)14(2)3/h11H,5-10H2,1-4H3. The van der Waals surface area contributed by atoms with Crippen molar-refractivity contribution >= 4 is 23.6 Å². The van der Waals surface area contributed by atoms with Crippen molar-refractivity contribution in [3.05, 3.63) is 0 Å². The monoisotopic (exact) mass is 287 g/mol. The molecule has 0 aromatic carbocycles. The van der Waals surface area contributed by atoms with Gasteiger partial charge in [-0.1, -0.05) is 6.92 Å². The molecule has 0 spiro atoms. The van der Waals surface area contributed by atoms with E-state index in [1.54, 1.807) is 30.8 Å². The number of carbonyl (C=O) groups excluding carboxylic acids is 2. The Labute approximate surface area is 120 Å². The molecule has 110 valence electrons. The maximum Gasteiger partial charge on any atom is 0.236 e. The summed E-state index contributed by atoms with van der Waals surface area (Å²) in [6.45, 7) is 5.49. The zero-order chi connectivity index (χ0) is 14.4. The van der Waals surface area contributed by atoms with Gasteiger partial charge in [0.1, 0.15) is 0 Å². The van der Waals surface area contributed by atoms with Crippen molar-refractivity contribution in [2.75, 3.05) is 58.8 Å².